The first-order valence-corrected chi connectivity index (χ1v) is 13.7. The number of amides is 4. The molecule has 42 heavy (non-hydrogen) atoms. The topological polar surface area (TPSA) is 174 Å². The van der Waals surface area contributed by atoms with Crippen LogP contribution in [0.1, 0.15) is 55.5 Å². The van der Waals surface area contributed by atoms with Crippen molar-refractivity contribution < 1.29 is 23.9 Å². The number of hydrogen-bond donors (Lipinski definition) is 4. The number of alkyl carbamates (subject to hydrolysis) is 1. The summed E-state index contributed by atoms with van der Waals surface area (Å²) in [5.74, 6) is 0.471. The lowest BCUT2D eigenvalue weighted by Crippen LogP contribution is -2.55. The zero-order valence-electron chi connectivity index (χ0n) is 23.8. The lowest BCUT2D eigenvalue weighted by Gasteiger charge is -2.26. The van der Waals surface area contributed by atoms with E-state index in [0.717, 1.165) is 5.56 Å². The Morgan fingerprint density at radius 3 is 2.40 bits per heavy atom. The van der Waals surface area contributed by atoms with E-state index in [1.54, 1.807) is 19.1 Å². The molecule has 0 heterocycles. The maximum absolute atomic E-state index is 13.4. The van der Waals surface area contributed by atoms with Crippen LogP contribution in [0.5, 0.6) is 0 Å². The molecule has 4 amide bonds. The minimum atomic E-state index is -0.967. The molecule has 0 aromatic heterocycles. The molecular formula is C30H37N7O5. The van der Waals surface area contributed by atoms with Gasteiger partial charge in [-0.25, -0.2) is 4.79 Å². The summed E-state index contributed by atoms with van der Waals surface area (Å²) < 4.78 is 5.19. The number of rotatable bonds is 16. The zero-order valence-corrected chi connectivity index (χ0v) is 23.8. The maximum Gasteiger partial charge on any atom is 0.407 e. The first-order chi connectivity index (χ1) is 20.3. The van der Waals surface area contributed by atoms with Crippen LogP contribution < -0.4 is 21.3 Å². The van der Waals surface area contributed by atoms with Crippen molar-refractivity contribution in [3.63, 3.8) is 0 Å². The standard InChI is InChI=1S/C30H37N7O5/c1-4-18-32-28(39)25(17-11-12-19-33-30(41)42-20-22-13-7-6-8-14-22)34-29(40)26(21(3)5-2)35-27(38)23-15-9-10-16-24(23)36-37-31/h1,6-10,13-16,21,25-26H,5,11-12,17-20H2,2-3H3,(H,32,39)(H,33,41)(H,34,40)(H,35,38)/t21-,25-,26-/m0/s1. The summed E-state index contributed by atoms with van der Waals surface area (Å²) in [5.41, 5.74) is 9.94. The van der Waals surface area contributed by atoms with E-state index in [4.69, 9.17) is 16.7 Å². The zero-order chi connectivity index (χ0) is 30.7. The highest BCUT2D eigenvalue weighted by molar-refractivity contribution is 6.01. The third-order valence-electron chi connectivity index (χ3n) is 6.48. The van der Waals surface area contributed by atoms with Crippen molar-refractivity contribution in [1.29, 1.82) is 0 Å². The van der Waals surface area contributed by atoms with Crippen molar-refractivity contribution in [1.82, 2.24) is 21.3 Å². The molecule has 12 heteroatoms. The van der Waals surface area contributed by atoms with Crippen LogP contribution in [-0.4, -0.2) is 49.0 Å². The molecule has 0 bridgehead atoms. The second-order valence-electron chi connectivity index (χ2n) is 9.51. The Hall–Kier alpha value is -5.01. The highest BCUT2D eigenvalue weighted by Gasteiger charge is 2.30. The van der Waals surface area contributed by atoms with Crippen LogP contribution >= 0.6 is 0 Å². The van der Waals surface area contributed by atoms with Crippen LogP contribution in [0, 0.1) is 18.3 Å². The first kappa shape index (κ1) is 33.2. The van der Waals surface area contributed by atoms with Gasteiger partial charge in [-0.2, -0.15) is 0 Å². The second-order valence-corrected chi connectivity index (χ2v) is 9.51. The lowest BCUT2D eigenvalue weighted by molar-refractivity contribution is -0.130. The Morgan fingerprint density at radius 1 is 1.00 bits per heavy atom. The smallest absolute Gasteiger partial charge is 0.407 e. The number of benzene rings is 2. The predicted molar refractivity (Wildman–Crippen MR) is 158 cm³/mol. The average molecular weight is 576 g/mol. The van der Waals surface area contributed by atoms with Gasteiger partial charge < -0.3 is 26.0 Å². The Bertz CT molecular complexity index is 1290. The van der Waals surface area contributed by atoms with Crippen molar-refractivity contribution >= 4 is 29.5 Å². The molecule has 0 radical (unpaired) electrons. The molecule has 0 unspecified atom stereocenters. The van der Waals surface area contributed by atoms with Crippen LogP contribution in [0.3, 0.4) is 0 Å². The normalized spacial score (nSPS) is 12.3. The quantitative estimate of drug-likeness (QED) is 0.0773. The van der Waals surface area contributed by atoms with Gasteiger partial charge in [0.15, 0.2) is 0 Å². The number of ether oxygens (including phenoxy) is 1. The van der Waals surface area contributed by atoms with Crippen LogP contribution in [0.15, 0.2) is 59.7 Å². The van der Waals surface area contributed by atoms with E-state index in [9.17, 15) is 19.2 Å². The van der Waals surface area contributed by atoms with Crippen molar-refractivity contribution in [2.24, 2.45) is 11.0 Å². The Balaban J connectivity index is 1.98. The van der Waals surface area contributed by atoms with Gasteiger partial charge in [-0.1, -0.05) is 79.8 Å². The van der Waals surface area contributed by atoms with Crippen LogP contribution in [0.25, 0.3) is 10.4 Å². The number of hydrogen-bond acceptors (Lipinski definition) is 6. The van der Waals surface area contributed by atoms with Gasteiger partial charge in [-0.3, -0.25) is 14.4 Å². The summed E-state index contributed by atoms with van der Waals surface area (Å²) >= 11 is 0. The Kier molecular flexibility index (Phi) is 14.5. The number of carbonyl (C=O) groups is 4. The maximum atomic E-state index is 13.4. The van der Waals surface area contributed by atoms with Gasteiger partial charge >= 0.3 is 6.09 Å². The average Bonchev–Trinajstić information content (AvgIpc) is 3.01. The number of carbonyl (C=O) groups excluding carboxylic acids is 4. The van der Waals surface area contributed by atoms with Gasteiger partial charge in [0.25, 0.3) is 5.91 Å². The second kappa shape index (κ2) is 18.4. The molecule has 0 spiro atoms. The highest BCUT2D eigenvalue weighted by Crippen LogP contribution is 2.20. The number of unbranched alkanes of at least 4 members (excludes halogenated alkanes) is 1. The van der Waals surface area contributed by atoms with Crippen LogP contribution in [0.4, 0.5) is 10.5 Å². The molecule has 12 nitrogen and oxygen atoms in total. The number of azide groups is 1. The van der Waals surface area contributed by atoms with Gasteiger partial charge in [0, 0.05) is 17.0 Å². The molecule has 2 aromatic rings. The molecule has 2 aromatic carbocycles. The molecule has 0 aliphatic rings. The number of nitrogens with zero attached hydrogens (tertiary/aromatic N) is 3. The van der Waals surface area contributed by atoms with Crippen LogP contribution in [0.2, 0.25) is 0 Å². The van der Waals surface area contributed by atoms with E-state index in [1.807, 2.05) is 37.3 Å². The molecule has 0 saturated heterocycles. The molecule has 2 rings (SSSR count). The van der Waals surface area contributed by atoms with Crippen molar-refractivity contribution in [2.45, 2.75) is 58.2 Å². The minimum absolute atomic E-state index is 0.0122. The van der Waals surface area contributed by atoms with Gasteiger partial charge in [-0.15, -0.1) is 6.42 Å². The fraction of sp³-hybridized carbons (Fsp3) is 0.400. The number of nitrogens with one attached hydrogen (secondary N) is 4. The van der Waals surface area contributed by atoms with E-state index in [0.29, 0.717) is 25.8 Å². The lowest BCUT2D eigenvalue weighted by atomic mass is 9.97. The van der Waals surface area contributed by atoms with Crippen molar-refractivity contribution in [3.05, 3.63) is 76.2 Å². The summed E-state index contributed by atoms with van der Waals surface area (Å²) in [7, 11) is 0. The Labute approximate surface area is 245 Å². The monoisotopic (exact) mass is 575 g/mol. The molecule has 0 fully saturated rings. The summed E-state index contributed by atoms with van der Waals surface area (Å²) in [4.78, 5) is 53.9. The minimum Gasteiger partial charge on any atom is -0.445 e. The summed E-state index contributed by atoms with van der Waals surface area (Å²) in [6.45, 7) is 4.14. The van der Waals surface area contributed by atoms with Crippen LogP contribution in [-0.2, 0) is 20.9 Å². The van der Waals surface area contributed by atoms with Crippen molar-refractivity contribution in [3.8, 4) is 12.3 Å². The molecule has 0 saturated carbocycles. The highest BCUT2D eigenvalue weighted by atomic mass is 16.5. The summed E-state index contributed by atoms with van der Waals surface area (Å²) in [6.07, 6.45) is 6.58. The SMILES string of the molecule is C#CCNC(=O)[C@H](CCCCNC(=O)OCc1ccccc1)NC(=O)[C@@H](NC(=O)c1ccccc1N=[N+]=[N-])[C@@H](C)CC. The first-order valence-electron chi connectivity index (χ1n) is 13.7. The third-order valence-corrected chi connectivity index (χ3v) is 6.48. The molecule has 0 aliphatic heterocycles. The molecule has 222 valence electrons. The number of terminal acetylenes is 1. The van der Waals surface area contributed by atoms with Gasteiger partial charge in [0.1, 0.15) is 18.7 Å². The fourth-order valence-electron chi connectivity index (χ4n) is 3.95. The Morgan fingerprint density at radius 2 is 1.71 bits per heavy atom. The predicted octanol–water partition coefficient (Wildman–Crippen LogP) is 4.10. The largest absolute Gasteiger partial charge is 0.445 e. The summed E-state index contributed by atoms with van der Waals surface area (Å²) in [6, 6.07) is 13.6. The van der Waals surface area contributed by atoms with E-state index in [1.165, 1.54) is 12.1 Å². The van der Waals surface area contributed by atoms with Crippen molar-refractivity contribution in [2.75, 3.05) is 13.1 Å². The van der Waals surface area contributed by atoms with Gasteiger partial charge in [0.05, 0.1) is 12.2 Å². The fourth-order valence-corrected chi connectivity index (χ4v) is 3.95. The molecule has 3 atom stereocenters. The molecule has 4 N–H and O–H groups in total. The van der Waals surface area contributed by atoms with Gasteiger partial charge in [-0.05, 0) is 42.3 Å². The summed E-state index contributed by atoms with van der Waals surface area (Å²) in [5, 5.41) is 14.3. The third kappa shape index (κ3) is 11.2. The van der Waals surface area contributed by atoms with E-state index in [-0.39, 0.29) is 36.7 Å². The van der Waals surface area contributed by atoms with E-state index < -0.39 is 35.9 Å². The molecular weight excluding hydrogens is 538 g/mol. The van der Waals surface area contributed by atoms with E-state index in [2.05, 4.69) is 37.2 Å². The van der Waals surface area contributed by atoms with Gasteiger partial charge in [0.2, 0.25) is 11.8 Å². The van der Waals surface area contributed by atoms with E-state index >= 15 is 0 Å². The molecule has 0 aliphatic carbocycles.